The van der Waals surface area contributed by atoms with Gasteiger partial charge in [0.2, 0.25) is 11.9 Å². The molecule has 0 spiro atoms. The number of amides is 1. The fraction of sp³-hybridized carbons (Fsp3) is 0.429. The van der Waals surface area contributed by atoms with Crippen LogP contribution in [-0.2, 0) is 4.79 Å². The first-order valence-electron chi connectivity index (χ1n) is 10.3. The van der Waals surface area contributed by atoms with E-state index in [1.54, 1.807) is 6.07 Å². The summed E-state index contributed by atoms with van der Waals surface area (Å²) in [5.41, 5.74) is -1.42. The van der Waals surface area contributed by atoms with Gasteiger partial charge in [0.15, 0.2) is 0 Å². The highest BCUT2D eigenvalue weighted by Gasteiger charge is 2.42. The summed E-state index contributed by atoms with van der Waals surface area (Å²) in [5, 5.41) is 23.3. The molecule has 0 radical (unpaired) electrons. The van der Waals surface area contributed by atoms with Crippen LogP contribution in [0, 0.1) is 33.2 Å². The first kappa shape index (κ1) is 21.4. The highest BCUT2D eigenvalue weighted by atomic mass is 19.1. The molecule has 1 fully saturated rings. The summed E-state index contributed by atoms with van der Waals surface area (Å²) in [4.78, 5) is 45.5. The number of carbonyl (C=O) groups excluding carboxylic acids is 1. The third-order valence-corrected chi connectivity index (χ3v) is 6.21. The number of piperidine rings is 1. The molecule has 1 aromatic carbocycles. The van der Waals surface area contributed by atoms with E-state index < -0.39 is 39.7 Å². The number of aromatic amines is 1. The van der Waals surface area contributed by atoms with E-state index in [1.807, 2.05) is 18.7 Å². The van der Waals surface area contributed by atoms with E-state index in [4.69, 9.17) is 0 Å². The molecule has 0 bridgehead atoms. The van der Waals surface area contributed by atoms with Gasteiger partial charge in [-0.25, -0.2) is 4.39 Å². The number of hydrogen-bond donors (Lipinski definition) is 2. The molecule has 3 heterocycles. The van der Waals surface area contributed by atoms with Crippen molar-refractivity contribution >= 4 is 23.4 Å². The maximum absolute atomic E-state index is 14.7. The van der Waals surface area contributed by atoms with Crippen molar-refractivity contribution in [1.29, 1.82) is 5.26 Å². The van der Waals surface area contributed by atoms with Crippen LogP contribution in [0.4, 0.5) is 21.8 Å². The van der Waals surface area contributed by atoms with Crippen LogP contribution in [0.15, 0.2) is 23.0 Å². The number of nitriles is 1. The van der Waals surface area contributed by atoms with Gasteiger partial charge in [-0.15, -0.1) is 0 Å². The van der Waals surface area contributed by atoms with Gasteiger partial charge in [-0.1, -0.05) is 0 Å². The molecule has 2 N–H and O–H groups in total. The Hall–Kier alpha value is -3.81. The molecule has 2 aromatic rings. The van der Waals surface area contributed by atoms with E-state index in [-0.39, 0.29) is 35.0 Å². The fourth-order valence-corrected chi connectivity index (χ4v) is 4.68. The maximum atomic E-state index is 14.7. The van der Waals surface area contributed by atoms with E-state index in [0.717, 1.165) is 37.5 Å². The Labute approximate surface area is 182 Å². The van der Waals surface area contributed by atoms with Crippen LogP contribution in [-0.4, -0.2) is 32.9 Å². The Balaban J connectivity index is 1.91. The molecule has 11 heteroatoms. The number of benzene rings is 1. The first-order chi connectivity index (χ1) is 15.2. The molecule has 2 aliphatic rings. The Bertz CT molecular complexity index is 1200. The number of carbonyl (C=O) groups is 1. The Kier molecular flexibility index (Phi) is 5.38. The van der Waals surface area contributed by atoms with E-state index in [1.165, 1.54) is 0 Å². The van der Waals surface area contributed by atoms with Crippen molar-refractivity contribution in [1.82, 2.24) is 9.97 Å². The number of fused-ring (bicyclic) bond motifs is 1. The molecule has 0 saturated carbocycles. The number of H-pyrrole nitrogens is 1. The third kappa shape index (κ3) is 3.47. The van der Waals surface area contributed by atoms with Crippen LogP contribution in [0.1, 0.15) is 50.2 Å². The summed E-state index contributed by atoms with van der Waals surface area (Å²) in [6.45, 7) is 4.03. The van der Waals surface area contributed by atoms with Crippen LogP contribution >= 0.6 is 0 Å². The summed E-state index contributed by atoms with van der Waals surface area (Å²) in [5.74, 6) is -4.20. The Morgan fingerprint density at radius 3 is 2.59 bits per heavy atom. The molecule has 4 unspecified atom stereocenters. The maximum Gasteiger partial charge on any atom is 0.269 e. The molecule has 10 nitrogen and oxygen atoms in total. The molecule has 1 saturated heterocycles. The summed E-state index contributed by atoms with van der Waals surface area (Å²) in [6.07, 6.45) is 2.87. The number of nitrogens with zero attached hydrogens (tertiary/aromatic N) is 4. The number of rotatable bonds is 3. The molecule has 4 atom stereocenters. The van der Waals surface area contributed by atoms with E-state index >= 15 is 0 Å². The van der Waals surface area contributed by atoms with Crippen molar-refractivity contribution in [3.05, 3.63) is 55.6 Å². The summed E-state index contributed by atoms with van der Waals surface area (Å²) < 4.78 is 14.7. The first-order valence-corrected chi connectivity index (χ1v) is 10.3. The summed E-state index contributed by atoms with van der Waals surface area (Å²) >= 11 is 0. The zero-order chi connectivity index (χ0) is 23.2. The van der Waals surface area contributed by atoms with E-state index in [2.05, 4.69) is 15.3 Å². The Morgan fingerprint density at radius 1 is 1.28 bits per heavy atom. The predicted octanol–water partition coefficient (Wildman–Crippen LogP) is 2.81. The van der Waals surface area contributed by atoms with Crippen molar-refractivity contribution in [3.8, 4) is 6.07 Å². The van der Waals surface area contributed by atoms with Crippen molar-refractivity contribution in [2.45, 2.75) is 51.1 Å². The molecule has 4 rings (SSSR count). The van der Waals surface area contributed by atoms with Crippen LogP contribution in [0.5, 0.6) is 0 Å². The number of hydrogen-bond acceptors (Lipinski definition) is 7. The number of nitro groups is 1. The molecule has 1 aromatic heterocycles. The number of nitro benzene ring substituents is 1. The summed E-state index contributed by atoms with van der Waals surface area (Å²) in [6, 6.07) is 4.84. The number of non-ortho nitro benzene ring substituents is 1. The normalized spacial score (nSPS) is 24.9. The standard InChI is InChI=1S/C21H21FN6O4/c1-10-4-3-5-11(2)27(10)21-25-18-17(20(30)26-21)16(14(9-23)19(29)24-18)13-8-12(28(31)32)6-7-15(13)22/h6-8,10-11,14,16H,3-5H2,1-2H3,(H2,24,25,26,29,30). The van der Waals surface area contributed by atoms with Gasteiger partial charge >= 0.3 is 0 Å². The quantitative estimate of drug-likeness (QED) is 0.551. The van der Waals surface area contributed by atoms with Crippen LogP contribution in [0.2, 0.25) is 0 Å². The monoisotopic (exact) mass is 440 g/mol. The summed E-state index contributed by atoms with van der Waals surface area (Å²) in [7, 11) is 0. The topological polar surface area (TPSA) is 145 Å². The Morgan fingerprint density at radius 2 is 1.97 bits per heavy atom. The third-order valence-electron chi connectivity index (χ3n) is 6.21. The highest BCUT2D eigenvalue weighted by Crippen LogP contribution is 2.40. The van der Waals surface area contributed by atoms with Gasteiger partial charge in [0, 0.05) is 35.7 Å². The van der Waals surface area contributed by atoms with Gasteiger partial charge in [-0.2, -0.15) is 10.2 Å². The minimum absolute atomic E-state index is 0.0684. The average molecular weight is 440 g/mol. The molecule has 0 aliphatic carbocycles. The fourth-order valence-electron chi connectivity index (χ4n) is 4.68. The van der Waals surface area contributed by atoms with Gasteiger partial charge in [-0.05, 0) is 39.2 Å². The lowest BCUT2D eigenvalue weighted by atomic mass is 9.79. The molecule has 32 heavy (non-hydrogen) atoms. The van der Waals surface area contributed by atoms with Crippen LogP contribution in [0.3, 0.4) is 0 Å². The van der Waals surface area contributed by atoms with Gasteiger partial charge in [-0.3, -0.25) is 24.7 Å². The van der Waals surface area contributed by atoms with Crippen LogP contribution < -0.4 is 15.8 Å². The highest BCUT2D eigenvalue weighted by molar-refractivity contribution is 5.98. The van der Waals surface area contributed by atoms with Crippen LogP contribution in [0.25, 0.3) is 0 Å². The van der Waals surface area contributed by atoms with Crippen molar-refractivity contribution in [2.24, 2.45) is 5.92 Å². The van der Waals surface area contributed by atoms with Crippen molar-refractivity contribution in [3.63, 3.8) is 0 Å². The lowest BCUT2D eigenvalue weighted by molar-refractivity contribution is -0.385. The van der Waals surface area contributed by atoms with Gasteiger partial charge < -0.3 is 10.2 Å². The molecular formula is C21H21FN6O4. The number of nitrogens with one attached hydrogen (secondary N) is 2. The zero-order valence-electron chi connectivity index (χ0n) is 17.5. The SMILES string of the molecule is CC1CCCC(C)N1c1nc2c(c(=O)[nH]1)C(c1cc([N+](=O)[O-])ccc1F)C(C#N)C(=O)N2. The van der Waals surface area contributed by atoms with Gasteiger partial charge in [0.25, 0.3) is 11.2 Å². The lowest BCUT2D eigenvalue weighted by Gasteiger charge is -2.40. The number of aromatic nitrogens is 2. The second-order valence-corrected chi connectivity index (χ2v) is 8.22. The lowest BCUT2D eigenvalue weighted by Crippen LogP contribution is -2.46. The van der Waals surface area contributed by atoms with E-state index in [9.17, 15) is 29.4 Å². The zero-order valence-corrected chi connectivity index (χ0v) is 17.5. The smallest absolute Gasteiger partial charge is 0.269 e. The second-order valence-electron chi connectivity index (χ2n) is 8.22. The minimum Gasteiger partial charge on any atom is -0.337 e. The molecule has 166 valence electrons. The average Bonchev–Trinajstić information content (AvgIpc) is 2.73. The van der Waals surface area contributed by atoms with E-state index in [0.29, 0.717) is 0 Å². The largest absolute Gasteiger partial charge is 0.337 e. The molecular weight excluding hydrogens is 419 g/mol. The van der Waals surface area contributed by atoms with Crippen molar-refractivity contribution in [2.75, 3.05) is 10.2 Å². The van der Waals surface area contributed by atoms with Crippen molar-refractivity contribution < 1.29 is 14.1 Å². The second kappa shape index (κ2) is 8.03. The molecule has 2 aliphatic heterocycles. The number of halogens is 1. The number of anilines is 2. The molecule has 1 amide bonds. The minimum atomic E-state index is -1.46. The van der Waals surface area contributed by atoms with Gasteiger partial charge in [0.05, 0.1) is 16.6 Å². The van der Waals surface area contributed by atoms with Gasteiger partial charge in [0.1, 0.15) is 17.6 Å². The predicted molar refractivity (Wildman–Crippen MR) is 113 cm³/mol.